The molecule has 0 fully saturated rings. The van der Waals surface area contributed by atoms with E-state index in [0.29, 0.717) is 17.9 Å². The summed E-state index contributed by atoms with van der Waals surface area (Å²) in [6.07, 6.45) is -10.1. The van der Waals surface area contributed by atoms with E-state index in [9.17, 15) is 31.1 Å². The number of hydrogen-bond donors (Lipinski definition) is 2. The summed E-state index contributed by atoms with van der Waals surface area (Å²) in [4.78, 5) is 12.1. The van der Waals surface area contributed by atoms with Crippen LogP contribution < -0.4 is 15.8 Å². The van der Waals surface area contributed by atoms with Gasteiger partial charge in [0, 0.05) is 11.3 Å². The lowest BCUT2D eigenvalue weighted by atomic mass is 10.0. The van der Waals surface area contributed by atoms with Crippen molar-refractivity contribution in [1.82, 2.24) is 0 Å². The largest absolute Gasteiger partial charge is 0.495 e. The molecular weight excluding hydrogens is 366 g/mol. The standard InChI is InChI=1S/C16H12F6N2O2/c1-26-13-3-2-11(7-12(13)23)24-14(25)8-4-9(15(17,18)19)6-10(5-8)16(20,21)22/h2-7H,23H2,1H3,(H,24,25). The maximum absolute atomic E-state index is 12.8. The number of rotatable bonds is 3. The predicted molar refractivity (Wildman–Crippen MR) is 81.8 cm³/mol. The molecule has 0 saturated heterocycles. The Kier molecular flexibility index (Phi) is 5.06. The topological polar surface area (TPSA) is 64.3 Å². The summed E-state index contributed by atoms with van der Waals surface area (Å²) in [7, 11) is 1.35. The normalized spacial score (nSPS) is 12.0. The van der Waals surface area contributed by atoms with Gasteiger partial charge in [0.1, 0.15) is 5.75 Å². The van der Waals surface area contributed by atoms with Crippen LogP contribution in [0.15, 0.2) is 36.4 Å². The number of nitrogens with two attached hydrogens (primary N) is 1. The van der Waals surface area contributed by atoms with Crippen molar-refractivity contribution in [2.45, 2.75) is 12.4 Å². The van der Waals surface area contributed by atoms with E-state index in [0.717, 1.165) is 0 Å². The van der Waals surface area contributed by atoms with Crippen molar-refractivity contribution < 1.29 is 35.9 Å². The van der Waals surface area contributed by atoms with E-state index < -0.39 is 35.0 Å². The number of ether oxygens (including phenoxy) is 1. The van der Waals surface area contributed by atoms with Gasteiger partial charge in [-0.15, -0.1) is 0 Å². The third kappa shape index (κ3) is 4.38. The molecule has 3 N–H and O–H groups in total. The summed E-state index contributed by atoms with van der Waals surface area (Å²) in [5.41, 5.74) is 1.90. The first kappa shape index (κ1) is 19.4. The fourth-order valence-electron chi connectivity index (χ4n) is 2.10. The van der Waals surface area contributed by atoms with E-state index in [-0.39, 0.29) is 17.4 Å². The molecule has 0 aliphatic heterocycles. The molecule has 2 aromatic rings. The summed E-state index contributed by atoms with van der Waals surface area (Å²) in [6, 6.07) is 4.62. The second kappa shape index (κ2) is 6.77. The van der Waals surface area contributed by atoms with Gasteiger partial charge in [-0.2, -0.15) is 26.3 Å². The van der Waals surface area contributed by atoms with Crippen molar-refractivity contribution in [3.05, 3.63) is 53.1 Å². The van der Waals surface area contributed by atoms with E-state index in [4.69, 9.17) is 10.5 Å². The number of carbonyl (C=O) groups is 1. The van der Waals surface area contributed by atoms with Crippen LogP contribution >= 0.6 is 0 Å². The van der Waals surface area contributed by atoms with Crippen LogP contribution in [-0.4, -0.2) is 13.0 Å². The molecule has 0 aromatic heterocycles. The molecule has 10 heteroatoms. The van der Waals surface area contributed by atoms with E-state index in [1.807, 2.05) is 0 Å². The van der Waals surface area contributed by atoms with Crippen LogP contribution in [0.5, 0.6) is 5.75 Å². The van der Waals surface area contributed by atoms with Crippen LogP contribution in [0.25, 0.3) is 0 Å². The molecule has 1 amide bonds. The number of hydrogen-bond acceptors (Lipinski definition) is 3. The highest BCUT2D eigenvalue weighted by Gasteiger charge is 2.37. The van der Waals surface area contributed by atoms with Crippen LogP contribution in [0.4, 0.5) is 37.7 Å². The Bertz CT molecular complexity index is 798. The number of benzene rings is 2. The van der Waals surface area contributed by atoms with Crippen molar-refractivity contribution in [1.29, 1.82) is 0 Å². The molecule has 0 aliphatic carbocycles. The Balaban J connectivity index is 2.40. The van der Waals surface area contributed by atoms with Crippen molar-refractivity contribution in [2.24, 2.45) is 0 Å². The molecule has 140 valence electrons. The third-order valence-corrected chi connectivity index (χ3v) is 3.34. The predicted octanol–water partition coefficient (Wildman–Crippen LogP) is 4.57. The lowest BCUT2D eigenvalue weighted by Crippen LogP contribution is -2.17. The molecule has 0 spiro atoms. The average Bonchev–Trinajstić information content (AvgIpc) is 2.53. The first-order chi connectivity index (χ1) is 11.9. The second-order valence-corrected chi connectivity index (χ2v) is 5.21. The second-order valence-electron chi connectivity index (χ2n) is 5.21. The molecule has 0 heterocycles. The average molecular weight is 378 g/mol. The van der Waals surface area contributed by atoms with Gasteiger partial charge in [-0.05, 0) is 36.4 Å². The number of anilines is 2. The fourth-order valence-corrected chi connectivity index (χ4v) is 2.10. The number of alkyl halides is 6. The number of methoxy groups -OCH3 is 1. The highest BCUT2D eigenvalue weighted by Crippen LogP contribution is 2.36. The summed E-state index contributed by atoms with van der Waals surface area (Å²) in [5, 5.41) is 2.20. The molecule has 0 radical (unpaired) electrons. The molecular formula is C16H12F6N2O2. The number of nitrogens with one attached hydrogen (secondary N) is 1. The lowest BCUT2D eigenvalue weighted by molar-refractivity contribution is -0.143. The highest BCUT2D eigenvalue weighted by molar-refractivity contribution is 6.04. The third-order valence-electron chi connectivity index (χ3n) is 3.34. The maximum atomic E-state index is 12.8. The van der Waals surface area contributed by atoms with Crippen LogP contribution in [0.2, 0.25) is 0 Å². The van der Waals surface area contributed by atoms with Gasteiger partial charge in [-0.25, -0.2) is 0 Å². The van der Waals surface area contributed by atoms with Crippen LogP contribution in [-0.2, 0) is 12.4 Å². The first-order valence-electron chi connectivity index (χ1n) is 6.96. The Hall–Kier alpha value is -2.91. The SMILES string of the molecule is COc1ccc(NC(=O)c2cc(C(F)(F)F)cc(C(F)(F)F)c2)cc1N. The quantitative estimate of drug-likeness (QED) is 0.608. The number of halogens is 6. The molecule has 26 heavy (non-hydrogen) atoms. The van der Waals surface area contributed by atoms with Gasteiger partial charge in [-0.1, -0.05) is 0 Å². The number of amides is 1. The molecule has 2 rings (SSSR count). The zero-order chi connectivity index (χ0) is 19.7. The summed E-state index contributed by atoms with van der Waals surface area (Å²) < 4.78 is 81.9. The monoisotopic (exact) mass is 378 g/mol. The lowest BCUT2D eigenvalue weighted by Gasteiger charge is -2.14. The van der Waals surface area contributed by atoms with Crippen molar-refractivity contribution >= 4 is 17.3 Å². The van der Waals surface area contributed by atoms with Crippen molar-refractivity contribution in [3.8, 4) is 5.75 Å². The molecule has 0 atom stereocenters. The van der Waals surface area contributed by atoms with Crippen molar-refractivity contribution in [2.75, 3.05) is 18.2 Å². The smallest absolute Gasteiger partial charge is 0.416 e. The van der Waals surface area contributed by atoms with E-state index in [1.54, 1.807) is 0 Å². The van der Waals surface area contributed by atoms with E-state index in [1.165, 1.54) is 25.3 Å². The minimum Gasteiger partial charge on any atom is -0.495 e. The summed E-state index contributed by atoms with van der Waals surface area (Å²) in [5.74, 6) is -0.854. The minimum absolute atomic E-state index is 0.0534. The Morgan fingerprint density at radius 1 is 0.962 bits per heavy atom. The van der Waals surface area contributed by atoms with E-state index in [2.05, 4.69) is 5.32 Å². The zero-order valence-electron chi connectivity index (χ0n) is 13.1. The zero-order valence-corrected chi connectivity index (χ0v) is 13.1. The van der Waals surface area contributed by atoms with Gasteiger partial charge < -0.3 is 15.8 Å². The first-order valence-corrected chi connectivity index (χ1v) is 6.96. The minimum atomic E-state index is -5.04. The van der Waals surface area contributed by atoms with Crippen LogP contribution in [0.3, 0.4) is 0 Å². The van der Waals surface area contributed by atoms with Gasteiger partial charge in [0.25, 0.3) is 5.91 Å². The van der Waals surface area contributed by atoms with Gasteiger partial charge in [0.05, 0.1) is 23.9 Å². The molecule has 4 nitrogen and oxygen atoms in total. The summed E-state index contributed by atoms with van der Waals surface area (Å²) in [6.45, 7) is 0. The summed E-state index contributed by atoms with van der Waals surface area (Å²) >= 11 is 0. The molecule has 0 saturated carbocycles. The number of carbonyl (C=O) groups excluding carboxylic acids is 1. The Morgan fingerprint density at radius 3 is 1.92 bits per heavy atom. The fraction of sp³-hybridized carbons (Fsp3) is 0.188. The maximum Gasteiger partial charge on any atom is 0.416 e. The van der Waals surface area contributed by atoms with Crippen molar-refractivity contribution in [3.63, 3.8) is 0 Å². The van der Waals surface area contributed by atoms with Gasteiger partial charge in [-0.3, -0.25) is 4.79 Å². The Morgan fingerprint density at radius 2 is 1.50 bits per heavy atom. The van der Waals surface area contributed by atoms with Crippen LogP contribution in [0.1, 0.15) is 21.5 Å². The van der Waals surface area contributed by atoms with Gasteiger partial charge in [0.2, 0.25) is 0 Å². The van der Waals surface area contributed by atoms with Gasteiger partial charge in [0.15, 0.2) is 0 Å². The molecule has 0 aliphatic rings. The molecule has 0 unspecified atom stereocenters. The Labute approximate surface area is 143 Å². The molecule has 2 aromatic carbocycles. The van der Waals surface area contributed by atoms with Gasteiger partial charge >= 0.3 is 12.4 Å². The van der Waals surface area contributed by atoms with E-state index >= 15 is 0 Å². The highest BCUT2D eigenvalue weighted by atomic mass is 19.4. The molecule has 0 bridgehead atoms. The van der Waals surface area contributed by atoms with Crippen LogP contribution in [0, 0.1) is 0 Å². The number of nitrogen functional groups attached to an aromatic ring is 1.